The molecule has 4 nitrogen and oxygen atoms in total. The van der Waals surface area contributed by atoms with E-state index >= 15 is 0 Å². The summed E-state index contributed by atoms with van der Waals surface area (Å²) >= 11 is 5.73. The molecule has 1 rings (SSSR count). The van der Waals surface area contributed by atoms with Gasteiger partial charge in [-0.3, -0.25) is 4.98 Å². The van der Waals surface area contributed by atoms with Crippen LogP contribution in [0.25, 0.3) is 0 Å². The Kier molecular flexibility index (Phi) is 4.09. The first-order chi connectivity index (χ1) is 7.08. The molecule has 1 aromatic rings. The third-order valence-corrected chi connectivity index (χ3v) is 3.42. The minimum Gasteiger partial charge on any atom is -0.263 e. The van der Waals surface area contributed by atoms with E-state index in [1.54, 1.807) is 6.92 Å². The normalized spacial score (nSPS) is 10.5. The van der Waals surface area contributed by atoms with Gasteiger partial charge in [0.25, 0.3) is 0 Å². The molecule has 1 aromatic heterocycles. The Morgan fingerprint density at radius 1 is 1.60 bits per heavy atom. The average Bonchev–Trinajstić information content (AvgIpc) is 2.18. The van der Waals surface area contributed by atoms with Crippen LogP contribution in [0.5, 0.6) is 0 Å². The molecule has 0 spiro atoms. The molecule has 0 fully saturated rings. The molecule has 0 saturated heterocycles. The second kappa shape index (κ2) is 5.12. The summed E-state index contributed by atoms with van der Waals surface area (Å²) in [5.74, 6) is 5.17. The van der Waals surface area contributed by atoms with Crippen LogP contribution in [0.3, 0.4) is 0 Å². The summed E-state index contributed by atoms with van der Waals surface area (Å²) in [4.78, 5) is 3.66. The maximum absolute atomic E-state index is 11.6. The molecule has 0 unspecified atom stereocenters. The van der Waals surface area contributed by atoms with Crippen LogP contribution in [0.2, 0.25) is 5.02 Å². The summed E-state index contributed by atoms with van der Waals surface area (Å²) in [7, 11) is -3.61. The minimum absolute atomic E-state index is 0.0374. The first kappa shape index (κ1) is 12.0. The van der Waals surface area contributed by atoms with Crippen LogP contribution in [0, 0.1) is 11.8 Å². The molecule has 0 aromatic carbocycles. The highest BCUT2D eigenvalue weighted by molar-refractivity contribution is 7.89. The van der Waals surface area contributed by atoms with Gasteiger partial charge in [-0.1, -0.05) is 17.5 Å². The molecular formula is C9H9ClN2O2S. The number of pyridine rings is 1. The van der Waals surface area contributed by atoms with Crippen molar-refractivity contribution in [3.05, 3.63) is 23.5 Å². The first-order valence-corrected chi connectivity index (χ1v) is 5.93. The third kappa shape index (κ3) is 3.20. The number of sulfonamides is 1. The topological polar surface area (TPSA) is 59.1 Å². The maximum atomic E-state index is 11.6. The first-order valence-electron chi connectivity index (χ1n) is 4.06. The highest BCUT2D eigenvalue weighted by atomic mass is 35.5. The van der Waals surface area contributed by atoms with Gasteiger partial charge in [-0.05, 0) is 13.0 Å². The monoisotopic (exact) mass is 244 g/mol. The maximum Gasteiger partial charge on any atom is 0.244 e. The molecule has 0 atom stereocenters. The Labute approximate surface area is 93.7 Å². The smallest absolute Gasteiger partial charge is 0.244 e. The molecule has 80 valence electrons. The van der Waals surface area contributed by atoms with E-state index in [1.165, 1.54) is 18.5 Å². The summed E-state index contributed by atoms with van der Waals surface area (Å²) < 4.78 is 25.5. The van der Waals surface area contributed by atoms with Crippen LogP contribution in [-0.2, 0) is 10.0 Å². The van der Waals surface area contributed by atoms with Crippen LogP contribution in [0.4, 0.5) is 0 Å². The number of rotatable bonds is 3. The number of hydrogen-bond donors (Lipinski definition) is 1. The second-order valence-corrected chi connectivity index (χ2v) is 4.70. The van der Waals surface area contributed by atoms with Crippen LogP contribution < -0.4 is 4.72 Å². The van der Waals surface area contributed by atoms with E-state index in [0.717, 1.165) is 0 Å². The predicted octanol–water partition coefficient (Wildman–Crippen LogP) is 1.04. The lowest BCUT2D eigenvalue weighted by atomic mass is 10.5. The largest absolute Gasteiger partial charge is 0.263 e. The summed E-state index contributed by atoms with van der Waals surface area (Å²) in [6.45, 7) is 1.69. The Hall–Kier alpha value is -1.09. The number of hydrogen-bond acceptors (Lipinski definition) is 3. The molecular weight excluding hydrogens is 236 g/mol. The van der Waals surface area contributed by atoms with Crippen molar-refractivity contribution in [2.75, 3.05) is 6.54 Å². The van der Waals surface area contributed by atoms with Crippen molar-refractivity contribution in [1.82, 2.24) is 9.71 Å². The van der Waals surface area contributed by atoms with Gasteiger partial charge in [0.1, 0.15) is 4.90 Å². The Morgan fingerprint density at radius 3 is 2.93 bits per heavy atom. The summed E-state index contributed by atoms with van der Waals surface area (Å²) in [6, 6.07) is 1.42. The van der Waals surface area contributed by atoms with Gasteiger partial charge in [0.2, 0.25) is 10.0 Å². The lowest BCUT2D eigenvalue weighted by molar-refractivity contribution is 0.585. The highest BCUT2D eigenvalue weighted by Crippen LogP contribution is 2.18. The molecule has 0 amide bonds. The number of nitrogens with zero attached hydrogens (tertiary/aromatic N) is 1. The van der Waals surface area contributed by atoms with Crippen molar-refractivity contribution in [3.8, 4) is 11.8 Å². The highest BCUT2D eigenvalue weighted by Gasteiger charge is 2.16. The van der Waals surface area contributed by atoms with Crippen molar-refractivity contribution in [2.24, 2.45) is 0 Å². The van der Waals surface area contributed by atoms with E-state index in [2.05, 4.69) is 21.5 Å². The SMILES string of the molecule is CC#CCNS(=O)(=O)c1cnccc1Cl. The van der Waals surface area contributed by atoms with Gasteiger partial charge in [0.15, 0.2) is 0 Å². The molecule has 1 heterocycles. The zero-order valence-electron chi connectivity index (χ0n) is 7.99. The van der Waals surface area contributed by atoms with Crippen LogP contribution in [0.1, 0.15) is 6.92 Å². The van der Waals surface area contributed by atoms with Crippen LogP contribution >= 0.6 is 11.6 Å². The molecule has 1 N–H and O–H groups in total. The fraction of sp³-hybridized carbons (Fsp3) is 0.222. The summed E-state index contributed by atoms with van der Waals surface area (Å²) in [6.07, 6.45) is 2.62. The van der Waals surface area contributed by atoms with Gasteiger partial charge in [0.05, 0.1) is 11.6 Å². The Balaban J connectivity index is 2.95. The van der Waals surface area contributed by atoms with Gasteiger partial charge < -0.3 is 0 Å². The fourth-order valence-electron chi connectivity index (χ4n) is 0.858. The predicted molar refractivity (Wildman–Crippen MR) is 57.9 cm³/mol. The number of halogens is 1. The molecule has 0 radical (unpaired) electrons. The van der Waals surface area contributed by atoms with E-state index in [1.807, 2.05) is 0 Å². The zero-order chi connectivity index (χ0) is 11.3. The zero-order valence-corrected chi connectivity index (χ0v) is 9.56. The van der Waals surface area contributed by atoms with Gasteiger partial charge >= 0.3 is 0 Å². The molecule has 0 aliphatic carbocycles. The van der Waals surface area contributed by atoms with Gasteiger partial charge in [-0.25, -0.2) is 8.42 Å². The van der Waals surface area contributed by atoms with E-state index in [-0.39, 0.29) is 16.5 Å². The van der Waals surface area contributed by atoms with Crippen molar-refractivity contribution in [1.29, 1.82) is 0 Å². The third-order valence-electron chi connectivity index (χ3n) is 1.55. The summed E-state index contributed by atoms with van der Waals surface area (Å²) in [5, 5.41) is 0.141. The summed E-state index contributed by atoms with van der Waals surface area (Å²) in [5.41, 5.74) is 0. The second-order valence-electron chi connectivity index (χ2n) is 2.56. The molecule has 0 bridgehead atoms. The molecule has 0 saturated carbocycles. The number of nitrogens with one attached hydrogen (secondary N) is 1. The average molecular weight is 245 g/mol. The Bertz CT molecular complexity index is 502. The standard InChI is InChI=1S/C9H9ClN2O2S/c1-2-3-5-12-15(13,14)9-7-11-6-4-8(9)10/h4,6-7,12H,5H2,1H3. The van der Waals surface area contributed by atoms with E-state index < -0.39 is 10.0 Å². The van der Waals surface area contributed by atoms with Gasteiger partial charge in [0, 0.05) is 12.4 Å². The minimum atomic E-state index is -3.61. The number of aromatic nitrogens is 1. The molecule has 15 heavy (non-hydrogen) atoms. The molecule has 0 aliphatic heterocycles. The van der Waals surface area contributed by atoms with Gasteiger partial charge in [-0.2, -0.15) is 4.72 Å². The molecule has 6 heteroatoms. The van der Waals surface area contributed by atoms with Crippen molar-refractivity contribution >= 4 is 21.6 Å². The lowest BCUT2D eigenvalue weighted by Crippen LogP contribution is -2.24. The quantitative estimate of drug-likeness (QED) is 0.809. The lowest BCUT2D eigenvalue weighted by Gasteiger charge is -2.04. The fourth-order valence-corrected chi connectivity index (χ4v) is 2.21. The van der Waals surface area contributed by atoms with Crippen LogP contribution in [-0.4, -0.2) is 19.9 Å². The molecule has 0 aliphatic rings. The van der Waals surface area contributed by atoms with E-state index in [0.29, 0.717) is 0 Å². The van der Waals surface area contributed by atoms with E-state index in [4.69, 9.17) is 11.6 Å². The van der Waals surface area contributed by atoms with Gasteiger partial charge in [-0.15, -0.1) is 5.92 Å². The van der Waals surface area contributed by atoms with Crippen LogP contribution in [0.15, 0.2) is 23.4 Å². The Morgan fingerprint density at radius 2 is 2.33 bits per heavy atom. The van der Waals surface area contributed by atoms with Crippen molar-refractivity contribution in [3.63, 3.8) is 0 Å². The van der Waals surface area contributed by atoms with E-state index in [9.17, 15) is 8.42 Å². The van der Waals surface area contributed by atoms with Crippen molar-refractivity contribution in [2.45, 2.75) is 11.8 Å². The van der Waals surface area contributed by atoms with Crippen molar-refractivity contribution < 1.29 is 8.42 Å².